The summed E-state index contributed by atoms with van der Waals surface area (Å²) in [5.74, 6) is -0.748. The van der Waals surface area contributed by atoms with E-state index in [1.54, 1.807) is 44.9 Å². The standard InChI is InChI=1S/C38H63N3O10/c1-10-23(4)32(40(7)30(43)19-22(2)3)29(48-8)20-31(44)41-18-14-17-27(41)35(49-9)24(5)37(47)39-25(6)36(26-15-12-11-13-16-26)51-38-34(46)33(45)28(42)21-50-38/h11-13,15-16,22-25,27-29,32-36,38,42,45-46H,10,14,17-21H2,1-9H3,(H,39,47)/t23-,24+,25+,27-,28+,29+,32-,33-,34+,35+,36+,38-/m0/s1. The molecule has 290 valence electrons. The highest BCUT2D eigenvalue weighted by molar-refractivity contribution is 5.81. The molecule has 2 aliphatic heterocycles. The van der Waals surface area contributed by atoms with Crippen molar-refractivity contribution in [1.29, 1.82) is 0 Å². The van der Waals surface area contributed by atoms with Gasteiger partial charge in [-0.3, -0.25) is 14.4 Å². The highest BCUT2D eigenvalue weighted by Gasteiger charge is 2.44. The van der Waals surface area contributed by atoms with Gasteiger partial charge >= 0.3 is 0 Å². The molecule has 0 unspecified atom stereocenters. The first kappa shape index (κ1) is 42.8. The van der Waals surface area contributed by atoms with E-state index in [1.807, 2.05) is 44.2 Å². The lowest BCUT2D eigenvalue weighted by Gasteiger charge is -2.40. The molecule has 0 saturated carbocycles. The Labute approximate surface area is 303 Å². The summed E-state index contributed by atoms with van der Waals surface area (Å²) in [5.41, 5.74) is 0.713. The van der Waals surface area contributed by atoms with Crippen molar-refractivity contribution in [2.75, 3.05) is 34.4 Å². The minimum atomic E-state index is -1.50. The minimum absolute atomic E-state index is 0.0242. The molecule has 0 aromatic heterocycles. The first-order valence-electron chi connectivity index (χ1n) is 18.4. The first-order chi connectivity index (χ1) is 24.2. The van der Waals surface area contributed by atoms with E-state index in [0.717, 1.165) is 12.8 Å². The Morgan fingerprint density at radius 3 is 2.25 bits per heavy atom. The Morgan fingerprint density at radius 1 is 1.00 bits per heavy atom. The van der Waals surface area contributed by atoms with E-state index in [4.69, 9.17) is 18.9 Å². The van der Waals surface area contributed by atoms with E-state index in [9.17, 15) is 29.7 Å². The first-order valence-corrected chi connectivity index (χ1v) is 18.4. The minimum Gasteiger partial charge on any atom is -0.388 e. The summed E-state index contributed by atoms with van der Waals surface area (Å²) >= 11 is 0. The number of amides is 3. The number of aliphatic hydroxyl groups excluding tert-OH is 3. The molecule has 13 nitrogen and oxygen atoms in total. The fourth-order valence-electron chi connectivity index (χ4n) is 7.42. The summed E-state index contributed by atoms with van der Waals surface area (Å²) in [7, 11) is 4.92. The Morgan fingerprint density at radius 2 is 1.67 bits per heavy atom. The molecule has 2 fully saturated rings. The van der Waals surface area contributed by atoms with Crippen LogP contribution in [0.15, 0.2) is 30.3 Å². The molecule has 1 aromatic rings. The predicted octanol–water partition coefficient (Wildman–Crippen LogP) is 2.65. The van der Waals surface area contributed by atoms with Crippen molar-refractivity contribution in [3.8, 4) is 0 Å². The van der Waals surface area contributed by atoms with Gasteiger partial charge in [0.25, 0.3) is 0 Å². The number of benzene rings is 1. The van der Waals surface area contributed by atoms with E-state index >= 15 is 0 Å². The van der Waals surface area contributed by atoms with Crippen LogP contribution in [0.25, 0.3) is 0 Å². The van der Waals surface area contributed by atoms with Gasteiger partial charge in [-0.25, -0.2) is 0 Å². The van der Waals surface area contributed by atoms with Crippen LogP contribution in [0.5, 0.6) is 0 Å². The number of nitrogens with one attached hydrogen (secondary N) is 1. The lowest BCUT2D eigenvalue weighted by molar-refractivity contribution is -0.285. The van der Waals surface area contributed by atoms with Crippen LogP contribution in [0.4, 0.5) is 0 Å². The average Bonchev–Trinajstić information content (AvgIpc) is 3.59. The van der Waals surface area contributed by atoms with Crippen molar-refractivity contribution in [3.05, 3.63) is 35.9 Å². The normalized spacial score (nSPS) is 26.5. The summed E-state index contributed by atoms with van der Waals surface area (Å²) in [6.07, 6.45) is -4.58. The Balaban J connectivity index is 1.75. The molecule has 0 aliphatic carbocycles. The van der Waals surface area contributed by atoms with Crippen molar-refractivity contribution < 1.29 is 48.7 Å². The number of hydrogen-bond donors (Lipinski definition) is 4. The van der Waals surface area contributed by atoms with E-state index < -0.39 is 54.9 Å². The third-order valence-electron chi connectivity index (χ3n) is 10.6. The number of likely N-dealkylation sites (tertiary alicyclic amines) is 1. The molecule has 12 atom stereocenters. The molecule has 2 saturated heterocycles. The summed E-state index contributed by atoms with van der Waals surface area (Å²) < 4.78 is 23.5. The summed E-state index contributed by atoms with van der Waals surface area (Å²) in [6, 6.07) is 7.91. The zero-order chi connectivity index (χ0) is 38.0. The summed E-state index contributed by atoms with van der Waals surface area (Å²) in [5, 5.41) is 33.7. The predicted molar refractivity (Wildman–Crippen MR) is 191 cm³/mol. The molecule has 0 radical (unpaired) electrons. The van der Waals surface area contributed by atoms with Crippen molar-refractivity contribution in [2.24, 2.45) is 17.8 Å². The van der Waals surface area contributed by atoms with Crippen LogP contribution in [0.1, 0.15) is 85.3 Å². The summed E-state index contributed by atoms with van der Waals surface area (Å²) in [4.78, 5) is 44.5. The Kier molecular flexibility index (Phi) is 16.8. The number of carbonyl (C=O) groups excluding carboxylic acids is 3. The molecule has 2 heterocycles. The maximum absolute atomic E-state index is 14.0. The van der Waals surface area contributed by atoms with E-state index in [-0.39, 0.29) is 54.7 Å². The maximum Gasteiger partial charge on any atom is 0.225 e. The lowest BCUT2D eigenvalue weighted by Crippen LogP contribution is -2.55. The van der Waals surface area contributed by atoms with Crippen LogP contribution >= 0.6 is 0 Å². The summed E-state index contributed by atoms with van der Waals surface area (Å²) in [6.45, 7) is 12.0. The van der Waals surface area contributed by atoms with E-state index in [1.165, 1.54) is 0 Å². The van der Waals surface area contributed by atoms with Gasteiger partial charge < -0.3 is 49.4 Å². The highest BCUT2D eigenvalue weighted by atomic mass is 16.7. The zero-order valence-electron chi connectivity index (χ0n) is 31.9. The van der Waals surface area contributed by atoms with Crippen molar-refractivity contribution in [1.82, 2.24) is 15.1 Å². The number of nitrogens with zero attached hydrogens (tertiary/aromatic N) is 2. The molecule has 0 spiro atoms. The number of rotatable bonds is 18. The van der Waals surface area contributed by atoms with Gasteiger partial charge in [-0.05, 0) is 37.2 Å². The second-order valence-corrected chi connectivity index (χ2v) is 14.8. The van der Waals surface area contributed by atoms with Gasteiger partial charge in [0, 0.05) is 34.2 Å². The van der Waals surface area contributed by atoms with Gasteiger partial charge in [0.1, 0.15) is 24.4 Å². The zero-order valence-corrected chi connectivity index (χ0v) is 31.9. The second kappa shape index (κ2) is 20.0. The number of likely N-dealkylation sites (N-methyl/N-ethyl adjacent to an activating group) is 1. The van der Waals surface area contributed by atoms with E-state index in [2.05, 4.69) is 19.2 Å². The van der Waals surface area contributed by atoms with Gasteiger partial charge in [0.2, 0.25) is 17.7 Å². The topological polar surface area (TPSA) is 167 Å². The number of hydrogen-bond acceptors (Lipinski definition) is 10. The van der Waals surface area contributed by atoms with Crippen molar-refractivity contribution >= 4 is 17.7 Å². The van der Waals surface area contributed by atoms with Gasteiger partial charge in [-0.15, -0.1) is 0 Å². The van der Waals surface area contributed by atoms with Crippen molar-refractivity contribution in [2.45, 2.75) is 135 Å². The molecular formula is C38H63N3O10. The molecule has 0 bridgehead atoms. The molecular weight excluding hydrogens is 658 g/mol. The number of methoxy groups -OCH3 is 2. The lowest BCUT2D eigenvalue weighted by atomic mass is 9.90. The molecule has 4 N–H and O–H groups in total. The largest absolute Gasteiger partial charge is 0.388 e. The van der Waals surface area contributed by atoms with Crippen LogP contribution in [-0.2, 0) is 33.3 Å². The van der Waals surface area contributed by atoms with Crippen LogP contribution in [-0.4, -0.2) is 132 Å². The number of carbonyl (C=O) groups is 3. The van der Waals surface area contributed by atoms with Crippen molar-refractivity contribution in [3.63, 3.8) is 0 Å². The van der Waals surface area contributed by atoms with E-state index in [0.29, 0.717) is 24.9 Å². The maximum atomic E-state index is 14.0. The van der Waals surface area contributed by atoms with Crippen LogP contribution < -0.4 is 5.32 Å². The van der Waals surface area contributed by atoms with Gasteiger partial charge in [-0.2, -0.15) is 0 Å². The quantitative estimate of drug-likeness (QED) is 0.177. The Hall–Kier alpha value is -2.65. The second-order valence-electron chi connectivity index (χ2n) is 14.8. The van der Waals surface area contributed by atoms with Gasteiger partial charge in [0.15, 0.2) is 6.29 Å². The monoisotopic (exact) mass is 721 g/mol. The fourth-order valence-corrected chi connectivity index (χ4v) is 7.42. The third kappa shape index (κ3) is 10.9. The molecule has 13 heteroatoms. The molecule has 1 aromatic carbocycles. The molecule has 3 amide bonds. The highest BCUT2D eigenvalue weighted by Crippen LogP contribution is 2.31. The van der Waals surface area contributed by atoms with Crippen LogP contribution in [0.3, 0.4) is 0 Å². The fraction of sp³-hybridized carbons (Fsp3) is 0.763. The van der Waals surface area contributed by atoms with Crippen LogP contribution in [0.2, 0.25) is 0 Å². The van der Waals surface area contributed by atoms with Crippen LogP contribution in [0, 0.1) is 17.8 Å². The molecule has 3 rings (SSSR count). The van der Waals surface area contributed by atoms with Gasteiger partial charge in [0.05, 0.1) is 49.3 Å². The SMILES string of the molecule is CC[C@H](C)[C@@H]([C@@H](CC(=O)N1CCC[C@H]1[C@H](OC)[C@@H](C)C(=O)N[C@H](C)[C@@H](O[C@@H]1OC[C@@H](O)[C@H](O)[C@H]1O)c1ccccc1)OC)N(C)C(=O)CC(C)C. The average molecular weight is 722 g/mol. The van der Waals surface area contributed by atoms with Gasteiger partial charge in [-0.1, -0.05) is 71.4 Å². The molecule has 51 heavy (non-hydrogen) atoms. The Bertz CT molecular complexity index is 1240. The number of ether oxygens (including phenoxy) is 4. The number of aliphatic hydroxyl groups is 3. The molecule has 2 aliphatic rings. The smallest absolute Gasteiger partial charge is 0.225 e. The third-order valence-corrected chi connectivity index (χ3v) is 10.6.